The van der Waals surface area contributed by atoms with Crippen molar-refractivity contribution in [1.82, 2.24) is 0 Å². The fourth-order valence-electron chi connectivity index (χ4n) is 5.53. The number of esters is 1. The van der Waals surface area contributed by atoms with Gasteiger partial charge in [0.05, 0.1) is 30.1 Å². The first-order valence-corrected chi connectivity index (χ1v) is 12.4. The molecular formula is C26H42O7. The van der Waals surface area contributed by atoms with Crippen molar-refractivity contribution < 1.29 is 34.8 Å². The van der Waals surface area contributed by atoms with Gasteiger partial charge in [0.1, 0.15) is 6.10 Å². The maximum Gasteiger partial charge on any atom is 0.312 e. The van der Waals surface area contributed by atoms with E-state index >= 15 is 0 Å². The van der Waals surface area contributed by atoms with Crippen molar-refractivity contribution in [2.45, 2.75) is 103 Å². The number of aliphatic hydroxyl groups is 3. The molecule has 7 unspecified atom stereocenters. The number of aliphatic carboxylic acids is 1. The van der Waals surface area contributed by atoms with Crippen molar-refractivity contribution >= 4 is 11.9 Å². The number of hydrogen-bond donors (Lipinski definition) is 4. The van der Waals surface area contributed by atoms with Gasteiger partial charge in [0, 0.05) is 12.3 Å². The Balaban J connectivity index is 2.17. The van der Waals surface area contributed by atoms with Gasteiger partial charge in [-0.25, -0.2) is 0 Å². The monoisotopic (exact) mass is 466 g/mol. The number of ether oxygens (including phenoxy) is 1. The molecule has 0 bridgehead atoms. The lowest BCUT2D eigenvalue weighted by Crippen LogP contribution is -2.45. The summed E-state index contributed by atoms with van der Waals surface area (Å²) in [5, 5.41) is 39.5. The summed E-state index contributed by atoms with van der Waals surface area (Å²) in [6.07, 6.45) is 6.05. The minimum absolute atomic E-state index is 0.0136. The SMILES string of the molecule is CCC(CC)(CC)C(=O)OC1CC(O)C=C2C=CC(C)C(CCC(O)CC(O)CC(=O)O)C21. The van der Waals surface area contributed by atoms with E-state index in [1.54, 1.807) is 0 Å². The summed E-state index contributed by atoms with van der Waals surface area (Å²) in [4.78, 5) is 24.0. The van der Waals surface area contributed by atoms with E-state index in [1.165, 1.54) is 0 Å². The van der Waals surface area contributed by atoms with E-state index in [4.69, 9.17) is 9.84 Å². The first kappa shape index (κ1) is 27.5. The van der Waals surface area contributed by atoms with E-state index in [9.17, 15) is 24.9 Å². The van der Waals surface area contributed by atoms with Crippen LogP contribution in [0.1, 0.15) is 79.1 Å². The minimum Gasteiger partial charge on any atom is -0.481 e. The molecule has 0 fully saturated rings. The molecule has 0 aromatic heterocycles. The van der Waals surface area contributed by atoms with E-state index in [0.29, 0.717) is 38.5 Å². The Morgan fingerprint density at radius 2 is 1.79 bits per heavy atom. The molecule has 0 saturated heterocycles. The predicted octanol–water partition coefficient (Wildman–Crippen LogP) is 3.61. The molecule has 7 heteroatoms. The van der Waals surface area contributed by atoms with Gasteiger partial charge < -0.3 is 25.2 Å². The van der Waals surface area contributed by atoms with Crippen molar-refractivity contribution in [3.8, 4) is 0 Å². The highest BCUT2D eigenvalue weighted by Gasteiger charge is 2.44. The number of fused-ring (bicyclic) bond motifs is 1. The minimum atomic E-state index is -1.09. The smallest absolute Gasteiger partial charge is 0.312 e. The molecule has 0 saturated carbocycles. The molecule has 33 heavy (non-hydrogen) atoms. The van der Waals surface area contributed by atoms with Crippen LogP contribution in [0.25, 0.3) is 0 Å². The van der Waals surface area contributed by atoms with Crippen LogP contribution in [-0.4, -0.2) is 56.8 Å². The van der Waals surface area contributed by atoms with Gasteiger partial charge in [0.2, 0.25) is 0 Å². The molecule has 0 aromatic rings. The van der Waals surface area contributed by atoms with Crippen molar-refractivity contribution in [2.24, 2.45) is 23.2 Å². The summed E-state index contributed by atoms with van der Waals surface area (Å²) in [5.41, 5.74) is 0.444. The molecule has 0 radical (unpaired) electrons. The second kappa shape index (κ2) is 12.1. The molecule has 2 rings (SSSR count). The first-order chi connectivity index (χ1) is 15.6. The van der Waals surface area contributed by atoms with Gasteiger partial charge in [0.15, 0.2) is 0 Å². The Hall–Kier alpha value is -1.70. The largest absolute Gasteiger partial charge is 0.481 e. The molecule has 2 aliphatic carbocycles. The Morgan fingerprint density at radius 3 is 2.36 bits per heavy atom. The van der Waals surface area contributed by atoms with Gasteiger partial charge in [-0.3, -0.25) is 9.59 Å². The summed E-state index contributed by atoms with van der Waals surface area (Å²) < 4.78 is 6.12. The fourth-order valence-corrected chi connectivity index (χ4v) is 5.53. The van der Waals surface area contributed by atoms with Gasteiger partial charge in [0.25, 0.3) is 0 Å². The quantitative estimate of drug-likeness (QED) is 0.324. The van der Waals surface area contributed by atoms with Crippen molar-refractivity contribution in [1.29, 1.82) is 0 Å². The highest BCUT2D eigenvalue weighted by Crippen LogP contribution is 2.45. The number of carbonyl (C=O) groups excluding carboxylic acids is 1. The van der Waals surface area contributed by atoms with Crippen molar-refractivity contribution in [3.05, 3.63) is 23.8 Å². The molecule has 7 nitrogen and oxygen atoms in total. The molecule has 0 spiro atoms. The van der Waals surface area contributed by atoms with E-state index in [1.807, 2.05) is 32.9 Å². The zero-order valence-corrected chi connectivity index (χ0v) is 20.4. The molecule has 0 aromatic carbocycles. The maximum absolute atomic E-state index is 13.2. The molecule has 4 N–H and O–H groups in total. The summed E-state index contributed by atoms with van der Waals surface area (Å²) in [6.45, 7) is 8.11. The third-order valence-corrected chi connectivity index (χ3v) is 7.88. The summed E-state index contributed by atoms with van der Waals surface area (Å²) in [5.74, 6) is -1.09. The lowest BCUT2D eigenvalue weighted by molar-refractivity contribution is -0.168. The topological polar surface area (TPSA) is 124 Å². The third-order valence-electron chi connectivity index (χ3n) is 7.88. The van der Waals surface area contributed by atoms with Crippen LogP contribution in [0.2, 0.25) is 0 Å². The van der Waals surface area contributed by atoms with E-state index < -0.39 is 35.8 Å². The first-order valence-electron chi connectivity index (χ1n) is 12.4. The normalized spacial score (nSPS) is 29.1. The molecule has 2 aliphatic rings. The standard InChI is InChI=1S/C26H42O7/c1-5-26(6-2,7-3)25(32)33-22-14-19(28)12-17-9-8-16(4)21(24(17)22)11-10-18(27)13-20(29)15-23(30)31/h8-9,12,16,18-22,24,27-29H,5-7,10-11,13-15H2,1-4H3,(H,30,31). The van der Waals surface area contributed by atoms with Crippen LogP contribution in [0.5, 0.6) is 0 Å². The Morgan fingerprint density at radius 1 is 1.15 bits per heavy atom. The average Bonchev–Trinajstić information content (AvgIpc) is 2.74. The Labute approximate surface area is 197 Å². The maximum atomic E-state index is 13.2. The number of allylic oxidation sites excluding steroid dienone is 2. The molecule has 0 amide bonds. The average molecular weight is 467 g/mol. The van der Waals surface area contributed by atoms with Crippen LogP contribution in [0, 0.1) is 23.2 Å². The molecular weight excluding hydrogens is 424 g/mol. The predicted molar refractivity (Wildman–Crippen MR) is 125 cm³/mol. The van der Waals surface area contributed by atoms with Crippen LogP contribution in [-0.2, 0) is 14.3 Å². The number of carbonyl (C=O) groups is 2. The van der Waals surface area contributed by atoms with Gasteiger partial charge >= 0.3 is 11.9 Å². The van der Waals surface area contributed by atoms with Crippen LogP contribution < -0.4 is 0 Å². The van der Waals surface area contributed by atoms with Gasteiger partial charge in [-0.2, -0.15) is 0 Å². The number of rotatable bonds is 12. The molecule has 7 atom stereocenters. The van der Waals surface area contributed by atoms with Crippen LogP contribution in [0.4, 0.5) is 0 Å². The Bertz CT molecular complexity index is 716. The molecule has 0 aliphatic heterocycles. The second-order valence-electron chi connectivity index (χ2n) is 9.88. The van der Waals surface area contributed by atoms with Crippen molar-refractivity contribution in [3.63, 3.8) is 0 Å². The third kappa shape index (κ3) is 6.90. The lowest BCUT2D eigenvalue weighted by atomic mass is 9.66. The molecule has 188 valence electrons. The lowest BCUT2D eigenvalue weighted by Gasteiger charge is -2.44. The molecule has 0 heterocycles. The Kier molecular flexibility index (Phi) is 10.1. The van der Waals surface area contributed by atoms with Crippen LogP contribution >= 0.6 is 0 Å². The zero-order valence-electron chi connectivity index (χ0n) is 20.4. The van der Waals surface area contributed by atoms with Crippen LogP contribution in [0.15, 0.2) is 23.8 Å². The van der Waals surface area contributed by atoms with E-state index in [0.717, 1.165) is 5.57 Å². The van der Waals surface area contributed by atoms with E-state index in [-0.39, 0.29) is 36.6 Å². The fraction of sp³-hybridized carbons (Fsp3) is 0.769. The highest BCUT2D eigenvalue weighted by molar-refractivity contribution is 5.77. The van der Waals surface area contributed by atoms with E-state index in [2.05, 4.69) is 13.0 Å². The summed E-state index contributed by atoms with van der Waals surface area (Å²) in [7, 11) is 0. The number of hydrogen-bond acceptors (Lipinski definition) is 6. The van der Waals surface area contributed by atoms with Gasteiger partial charge in [-0.15, -0.1) is 0 Å². The number of aliphatic hydroxyl groups excluding tert-OH is 3. The van der Waals surface area contributed by atoms with Crippen LogP contribution in [0.3, 0.4) is 0 Å². The summed E-state index contributed by atoms with van der Waals surface area (Å²) >= 11 is 0. The second-order valence-corrected chi connectivity index (χ2v) is 9.88. The number of carboxylic acids is 1. The van der Waals surface area contributed by atoms with Gasteiger partial charge in [-0.1, -0.05) is 45.9 Å². The van der Waals surface area contributed by atoms with Crippen molar-refractivity contribution in [2.75, 3.05) is 0 Å². The highest BCUT2D eigenvalue weighted by atomic mass is 16.5. The zero-order chi connectivity index (χ0) is 24.8. The van der Waals surface area contributed by atoms with Gasteiger partial charge in [-0.05, 0) is 55.9 Å². The summed E-state index contributed by atoms with van der Waals surface area (Å²) in [6, 6.07) is 0. The number of carboxylic acid groups (broad SMARTS) is 1.